The molecule has 2 aliphatic rings. The minimum absolute atomic E-state index is 0.0545. The van der Waals surface area contributed by atoms with Crippen LogP contribution < -0.4 is 10.6 Å². The van der Waals surface area contributed by atoms with Gasteiger partial charge in [-0.05, 0) is 80.6 Å². The summed E-state index contributed by atoms with van der Waals surface area (Å²) in [4.78, 5) is 26.3. The van der Waals surface area contributed by atoms with Crippen molar-refractivity contribution in [2.75, 3.05) is 31.6 Å². The van der Waals surface area contributed by atoms with Gasteiger partial charge in [-0.25, -0.2) is 13.6 Å². The number of rotatable bonds is 7. The number of ketones is 1. The number of likely N-dealkylation sites (tertiary alicyclic amines) is 1. The molecule has 2 amide bonds. The number of alkyl halides is 1. The van der Waals surface area contributed by atoms with Gasteiger partial charge in [-0.3, -0.25) is 4.79 Å². The molecule has 2 aromatic rings. The van der Waals surface area contributed by atoms with E-state index in [4.69, 9.17) is 4.74 Å². The molecule has 2 aromatic carbocycles. The Morgan fingerprint density at radius 1 is 1.09 bits per heavy atom. The van der Waals surface area contributed by atoms with Crippen LogP contribution in [0.1, 0.15) is 42.1 Å². The lowest BCUT2D eigenvalue weighted by molar-refractivity contribution is -0.0599. The first-order valence-corrected chi connectivity index (χ1v) is 12.3. The van der Waals surface area contributed by atoms with Crippen LogP contribution in [0.5, 0.6) is 0 Å². The van der Waals surface area contributed by atoms with Gasteiger partial charge in [0.15, 0.2) is 5.78 Å². The number of hydrogen-bond acceptors (Lipinski definition) is 4. The van der Waals surface area contributed by atoms with E-state index < -0.39 is 24.3 Å². The number of nitrogens with zero attached hydrogens (tertiary/aromatic N) is 1. The molecule has 6 nitrogen and oxygen atoms in total. The zero-order valence-corrected chi connectivity index (χ0v) is 20.0. The second-order valence-corrected chi connectivity index (χ2v) is 9.57. The predicted molar refractivity (Wildman–Crippen MR) is 131 cm³/mol. The van der Waals surface area contributed by atoms with Gasteiger partial charge in [0.2, 0.25) is 0 Å². The van der Waals surface area contributed by atoms with E-state index in [1.807, 2.05) is 12.1 Å². The van der Waals surface area contributed by atoms with Gasteiger partial charge in [0.25, 0.3) is 0 Å². The van der Waals surface area contributed by atoms with Crippen molar-refractivity contribution in [3.05, 3.63) is 65.5 Å². The minimum atomic E-state index is -1.20. The number of carbonyl (C=O) groups excluding carboxylic acids is 2. The van der Waals surface area contributed by atoms with Crippen LogP contribution in [0.2, 0.25) is 0 Å². The average molecular weight is 486 g/mol. The second-order valence-electron chi connectivity index (χ2n) is 9.57. The maximum Gasteiger partial charge on any atom is 0.319 e. The third-order valence-electron chi connectivity index (χ3n) is 6.84. The van der Waals surface area contributed by atoms with Crippen molar-refractivity contribution in [3.63, 3.8) is 0 Å². The van der Waals surface area contributed by atoms with Crippen LogP contribution >= 0.6 is 0 Å². The molecule has 0 bridgehead atoms. The molecule has 2 saturated heterocycles. The maximum atomic E-state index is 14.9. The quantitative estimate of drug-likeness (QED) is 0.563. The third-order valence-corrected chi connectivity index (χ3v) is 6.84. The Hall–Kier alpha value is -2.84. The highest BCUT2D eigenvalue weighted by atomic mass is 19.1. The zero-order valence-electron chi connectivity index (χ0n) is 20.0. The number of hydrogen-bond donors (Lipinski definition) is 2. The van der Waals surface area contributed by atoms with Crippen LogP contribution in [0.3, 0.4) is 0 Å². The Balaban J connectivity index is 1.33. The highest BCUT2D eigenvalue weighted by molar-refractivity contribution is 5.95. The minimum Gasteiger partial charge on any atom is -0.375 e. The van der Waals surface area contributed by atoms with Crippen molar-refractivity contribution in [1.29, 1.82) is 0 Å². The Kier molecular flexibility index (Phi) is 8.46. The van der Waals surface area contributed by atoms with Crippen molar-refractivity contribution in [1.82, 2.24) is 10.2 Å². The molecule has 0 saturated carbocycles. The molecule has 0 spiro atoms. The van der Waals surface area contributed by atoms with Crippen LogP contribution in [0.15, 0.2) is 48.5 Å². The van der Waals surface area contributed by atoms with Gasteiger partial charge in [-0.15, -0.1) is 0 Å². The predicted octanol–water partition coefficient (Wildman–Crippen LogP) is 4.60. The lowest BCUT2D eigenvalue weighted by Gasteiger charge is -2.40. The van der Waals surface area contributed by atoms with Gasteiger partial charge in [-0.1, -0.05) is 12.1 Å². The van der Waals surface area contributed by atoms with Crippen molar-refractivity contribution < 1.29 is 23.1 Å². The summed E-state index contributed by atoms with van der Waals surface area (Å²) in [7, 11) is 0. The highest BCUT2D eigenvalue weighted by Gasteiger charge is 2.37. The molecule has 4 unspecified atom stereocenters. The fourth-order valence-corrected chi connectivity index (χ4v) is 5.00. The van der Waals surface area contributed by atoms with Gasteiger partial charge in [0, 0.05) is 37.4 Å². The van der Waals surface area contributed by atoms with E-state index in [0.29, 0.717) is 30.3 Å². The number of Topliss-reactive ketones (excluding diaryl/α,β-unsaturated/α-hetero) is 1. The molecule has 0 radical (unpaired) electrons. The van der Waals surface area contributed by atoms with Gasteiger partial charge in [0.1, 0.15) is 12.0 Å². The first kappa shape index (κ1) is 25.3. The van der Waals surface area contributed by atoms with Crippen molar-refractivity contribution >= 4 is 17.5 Å². The first-order valence-electron chi connectivity index (χ1n) is 12.3. The van der Waals surface area contributed by atoms with Crippen molar-refractivity contribution in [2.24, 2.45) is 5.92 Å². The second kappa shape index (κ2) is 11.7. The molecule has 2 N–H and O–H groups in total. The lowest BCUT2D eigenvalue weighted by atomic mass is 9.90. The summed E-state index contributed by atoms with van der Waals surface area (Å²) in [6, 6.07) is 12.0. The Bertz CT molecular complexity index is 1000. The average Bonchev–Trinajstić information content (AvgIpc) is 2.83. The molecule has 188 valence electrons. The van der Waals surface area contributed by atoms with E-state index >= 15 is 0 Å². The fourth-order valence-electron chi connectivity index (χ4n) is 5.00. The van der Waals surface area contributed by atoms with Gasteiger partial charge in [0.05, 0.1) is 12.1 Å². The summed E-state index contributed by atoms with van der Waals surface area (Å²) < 4.78 is 34.0. The number of amides is 2. The Morgan fingerprint density at radius 2 is 1.83 bits per heavy atom. The van der Waals surface area contributed by atoms with Crippen LogP contribution in [0.25, 0.3) is 0 Å². The number of urea groups is 1. The largest absolute Gasteiger partial charge is 0.375 e. The number of ether oxygens (including phenoxy) is 1. The molecule has 35 heavy (non-hydrogen) atoms. The number of nitrogens with one attached hydrogen (secondary N) is 2. The van der Waals surface area contributed by atoms with E-state index in [-0.39, 0.29) is 18.0 Å². The molecule has 2 aliphatic heterocycles. The fraction of sp³-hybridized carbons (Fsp3) is 0.481. The molecular formula is C27H33F2N3O3. The van der Waals surface area contributed by atoms with Crippen molar-refractivity contribution in [2.45, 2.75) is 50.9 Å². The van der Waals surface area contributed by atoms with E-state index in [1.54, 1.807) is 24.3 Å². The first-order chi connectivity index (χ1) is 16.9. The number of halogens is 2. The molecule has 4 rings (SSSR count). The maximum absolute atomic E-state index is 14.9. The van der Waals surface area contributed by atoms with Gasteiger partial charge in [-0.2, -0.15) is 0 Å². The van der Waals surface area contributed by atoms with Crippen LogP contribution in [-0.4, -0.2) is 61.3 Å². The summed E-state index contributed by atoms with van der Waals surface area (Å²) in [5, 5.41) is 5.49. The summed E-state index contributed by atoms with van der Waals surface area (Å²) >= 11 is 0. The summed E-state index contributed by atoms with van der Waals surface area (Å²) in [5.74, 6) is 0.151. The van der Waals surface area contributed by atoms with Gasteiger partial charge < -0.3 is 20.3 Å². The van der Waals surface area contributed by atoms with Crippen LogP contribution in [0, 0.1) is 11.7 Å². The van der Waals surface area contributed by atoms with E-state index in [0.717, 1.165) is 37.9 Å². The van der Waals surface area contributed by atoms with Crippen molar-refractivity contribution in [3.8, 4) is 0 Å². The number of anilines is 1. The summed E-state index contributed by atoms with van der Waals surface area (Å²) in [6.07, 6.45) is 1.60. The normalized spacial score (nSPS) is 25.1. The monoisotopic (exact) mass is 485 g/mol. The Morgan fingerprint density at radius 3 is 2.54 bits per heavy atom. The molecule has 4 atom stereocenters. The van der Waals surface area contributed by atoms with Gasteiger partial charge >= 0.3 is 6.03 Å². The molecule has 2 fully saturated rings. The Labute approximate surface area is 205 Å². The topological polar surface area (TPSA) is 70.7 Å². The molecule has 2 heterocycles. The summed E-state index contributed by atoms with van der Waals surface area (Å²) in [5.41, 5.74) is 2.19. The smallest absolute Gasteiger partial charge is 0.319 e. The third kappa shape index (κ3) is 7.08. The number of piperidine rings is 1. The molecule has 8 heteroatoms. The highest BCUT2D eigenvalue weighted by Crippen LogP contribution is 2.24. The zero-order chi connectivity index (χ0) is 24.8. The lowest BCUT2D eigenvalue weighted by Crippen LogP contribution is -2.58. The SMILES string of the molecule is CC(=O)c1ccc(NC(=O)NC2C(F)CCOC2CN2CCCC(Cc3ccc(F)cc3)C2)cc1. The van der Waals surface area contributed by atoms with Crippen LogP contribution in [-0.2, 0) is 11.2 Å². The standard InChI is InChI=1S/C27H33F2N3O3/c1-18(33)21-6-10-23(11-7-21)30-27(34)31-26-24(29)12-14-35-25(26)17-32-13-2-3-20(16-32)15-19-4-8-22(28)9-5-19/h4-11,20,24-26H,2-3,12-17H2,1H3,(H2,30,31,34). The molecular weight excluding hydrogens is 452 g/mol. The summed E-state index contributed by atoms with van der Waals surface area (Å²) in [6.45, 7) is 4.10. The molecule has 0 aliphatic carbocycles. The molecule has 0 aromatic heterocycles. The van der Waals surface area contributed by atoms with E-state index in [2.05, 4.69) is 15.5 Å². The van der Waals surface area contributed by atoms with E-state index in [9.17, 15) is 18.4 Å². The number of carbonyl (C=O) groups is 2. The van der Waals surface area contributed by atoms with Crippen LogP contribution in [0.4, 0.5) is 19.3 Å². The number of benzene rings is 2. The van der Waals surface area contributed by atoms with E-state index in [1.165, 1.54) is 19.1 Å².